The largest absolute Gasteiger partial charge is 0.390 e. The summed E-state index contributed by atoms with van der Waals surface area (Å²) in [6, 6.07) is 10.4. The van der Waals surface area contributed by atoms with E-state index >= 15 is 0 Å². The van der Waals surface area contributed by atoms with Crippen molar-refractivity contribution in [3.63, 3.8) is 0 Å². The van der Waals surface area contributed by atoms with Gasteiger partial charge < -0.3 is 20.5 Å². The second-order valence-corrected chi connectivity index (χ2v) is 8.76. The van der Waals surface area contributed by atoms with E-state index in [1.807, 2.05) is 0 Å². The summed E-state index contributed by atoms with van der Waals surface area (Å²) < 4.78 is 5.42. The third-order valence-corrected chi connectivity index (χ3v) is 6.44. The zero-order valence-corrected chi connectivity index (χ0v) is 18.7. The number of β-amino-alcohol motifs (C(OH)–C–C–N with tert-alkyl or cyclic N) is 1. The van der Waals surface area contributed by atoms with Crippen LogP contribution in [0.1, 0.15) is 47.3 Å². The Morgan fingerprint density at radius 1 is 1.22 bits per heavy atom. The van der Waals surface area contributed by atoms with Crippen LogP contribution in [0, 0.1) is 0 Å². The van der Waals surface area contributed by atoms with E-state index in [-0.39, 0.29) is 12.5 Å². The maximum absolute atomic E-state index is 12.6. The number of aliphatic hydroxyl groups is 1. The number of carbonyl (C=O) groups excluding carboxylic acids is 1. The van der Waals surface area contributed by atoms with Crippen molar-refractivity contribution in [2.24, 2.45) is 0 Å². The summed E-state index contributed by atoms with van der Waals surface area (Å²) in [6.45, 7) is 2.45. The van der Waals surface area contributed by atoms with Crippen LogP contribution in [0.2, 0.25) is 0 Å². The number of hydrogen-bond acceptors (Lipinski definition) is 7. The molecule has 0 saturated heterocycles. The first-order valence-electron chi connectivity index (χ1n) is 11.5. The Labute approximate surface area is 189 Å². The number of nitrogens with one attached hydrogen (secondary N) is 2. The first kappa shape index (κ1) is 22.6. The van der Waals surface area contributed by atoms with Gasteiger partial charge in [0.05, 0.1) is 12.2 Å². The van der Waals surface area contributed by atoms with E-state index in [0.717, 1.165) is 45.2 Å². The van der Waals surface area contributed by atoms with Gasteiger partial charge in [0.25, 0.3) is 5.91 Å². The van der Waals surface area contributed by atoms with E-state index in [2.05, 4.69) is 49.8 Å². The lowest BCUT2D eigenvalue weighted by molar-refractivity contribution is 0.0681. The average Bonchev–Trinajstić information content (AvgIpc) is 2.83. The molecule has 32 heavy (non-hydrogen) atoms. The zero-order valence-electron chi connectivity index (χ0n) is 18.7. The zero-order chi connectivity index (χ0) is 22.3. The minimum atomic E-state index is -0.639. The molecular formula is C24H33N5O3. The fraction of sp³-hybridized carbons (Fsp3) is 0.542. The SMILES string of the molecule is COC1CCC(Nc2cc(C(=O)NCC(O)CN3CCc4ccccc4C3)ncn2)CC1. The highest BCUT2D eigenvalue weighted by Crippen LogP contribution is 2.23. The molecule has 1 saturated carbocycles. The lowest BCUT2D eigenvalue weighted by Gasteiger charge is -2.30. The van der Waals surface area contributed by atoms with E-state index in [4.69, 9.17) is 4.74 Å². The van der Waals surface area contributed by atoms with Gasteiger partial charge in [0.2, 0.25) is 0 Å². The molecule has 1 aromatic heterocycles. The Morgan fingerprint density at radius 2 is 2.00 bits per heavy atom. The normalized spacial score (nSPS) is 22.1. The molecule has 4 rings (SSSR count). The average molecular weight is 440 g/mol. The molecule has 172 valence electrons. The molecule has 1 aliphatic carbocycles. The lowest BCUT2D eigenvalue weighted by Crippen LogP contribution is -2.42. The first-order valence-corrected chi connectivity index (χ1v) is 11.5. The van der Waals surface area contributed by atoms with Crippen LogP contribution in [0.25, 0.3) is 0 Å². The van der Waals surface area contributed by atoms with Crippen LogP contribution < -0.4 is 10.6 Å². The van der Waals surface area contributed by atoms with Gasteiger partial charge in [-0.25, -0.2) is 9.97 Å². The van der Waals surface area contributed by atoms with Gasteiger partial charge in [-0.3, -0.25) is 9.69 Å². The van der Waals surface area contributed by atoms with E-state index < -0.39 is 6.10 Å². The summed E-state index contributed by atoms with van der Waals surface area (Å²) in [5, 5.41) is 16.7. The molecule has 0 spiro atoms. The summed E-state index contributed by atoms with van der Waals surface area (Å²) in [6.07, 6.45) is 6.15. The number of carbonyl (C=O) groups is 1. The highest BCUT2D eigenvalue weighted by atomic mass is 16.5. The molecule has 0 radical (unpaired) electrons. The lowest BCUT2D eigenvalue weighted by atomic mass is 9.93. The fourth-order valence-electron chi connectivity index (χ4n) is 4.59. The third-order valence-electron chi connectivity index (χ3n) is 6.44. The Bertz CT molecular complexity index is 901. The maximum Gasteiger partial charge on any atom is 0.270 e. The first-order chi connectivity index (χ1) is 15.6. The van der Waals surface area contributed by atoms with Crippen molar-refractivity contribution in [1.29, 1.82) is 0 Å². The van der Waals surface area contributed by atoms with E-state index in [1.165, 1.54) is 17.5 Å². The molecule has 1 unspecified atom stereocenters. The molecule has 1 amide bonds. The van der Waals surface area contributed by atoms with Crippen LogP contribution in [0.5, 0.6) is 0 Å². The smallest absolute Gasteiger partial charge is 0.270 e. The molecule has 2 aliphatic rings. The number of rotatable bonds is 8. The Kier molecular flexibility index (Phi) is 7.68. The van der Waals surface area contributed by atoms with Crippen molar-refractivity contribution in [2.45, 2.75) is 56.9 Å². The number of amides is 1. The van der Waals surface area contributed by atoms with Gasteiger partial charge >= 0.3 is 0 Å². The van der Waals surface area contributed by atoms with Crippen LogP contribution in [0.3, 0.4) is 0 Å². The van der Waals surface area contributed by atoms with Crippen molar-refractivity contribution in [3.05, 3.63) is 53.5 Å². The quantitative estimate of drug-likeness (QED) is 0.578. The molecule has 1 fully saturated rings. The van der Waals surface area contributed by atoms with Gasteiger partial charge in [-0.2, -0.15) is 0 Å². The number of anilines is 1. The summed E-state index contributed by atoms with van der Waals surface area (Å²) in [5.74, 6) is 0.347. The van der Waals surface area contributed by atoms with Gasteiger partial charge in [0.1, 0.15) is 17.8 Å². The number of aliphatic hydroxyl groups excluding tert-OH is 1. The van der Waals surface area contributed by atoms with Crippen LogP contribution in [-0.2, 0) is 17.7 Å². The summed E-state index contributed by atoms with van der Waals surface area (Å²) in [4.78, 5) is 23.1. The molecule has 2 aromatic rings. The highest BCUT2D eigenvalue weighted by molar-refractivity contribution is 5.92. The highest BCUT2D eigenvalue weighted by Gasteiger charge is 2.22. The molecule has 1 aromatic carbocycles. The maximum atomic E-state index is 12.6. The van der Waals surface area contributed by atoms with E-state index in [1.54, 1.807) is 13.2 Å². The summed E-state index contributed by atoms with van der Waals surface area (Å²) in [5.41, 5.74) is 2.99. The number of nitrogens with zero attached hydrogens (tertiary/aromatic N) is 3. The Morgan fingerprint density at radius 3 is 2.78 bits per heavy atom. The second-order valence-electron chi connectivity index (χ2n) is 8.76. The number of hydrogen-bond donors (Lipinski definition) is 3. The van der Waals surface area contributed by atoms with E-state index in [9.17, 15) is 9.90 Å². The van der Waals surface area contributed by atoms with Crippen molar-refractivity contribution < 1.29 is 14.6 Å². The third kappa shape index (κ3) is 6.03. The van der Waals surface area contributed by atoms with Crippen molar-refractivity contribution >= 4 is 11.7 Å². The number of methoxy groups -OCH3 is 1. The molecule has 0 bridgehead atoms. The minimum Gasteiger partial charge on any atom is -0.390 e. The van der Waals surface area contributed by atoms with Gasteiger partial charge in [-0.05, 0) is 43.2 Å². The fourth-order valence-corrected chi connectivity index (χ4v) is 4.59. The second kappa shape index (κ2) is 10.8. The standard InChI is InChI=1S/C24H33N5O3/c1-32-21-8-6-19(7-9-21)28-23-12-22(26-16-27-23)24(31)25-13-20(30)15-29-11-10-17-4-2-3-5-18(17)14-29/h2-5,12,16,19-21,30H,6-11,13-15H2,1H3,(H,25,31)(H,26,27,28). The van der Waals surface area contributed by atoms with Crippen molar-refractivity contribution in [1.82, 2.24) is 20.2 Å². The van der Waals surface area contributed by atoms with Crippen LogP contribution >= 0.6 is 0 Å². The van der Waals surface area contributed by atoms with Gasteiger partial charge in [0, 0.05) is 45.4 Å². The number of benzene rings is 1. The van der Waals surface area contributed by atoms with Gasteiger partial charge in [0.15, 0.2) is 0 Å². The van der Waals surface area contributed by atoms with Crippen LogP contribution in [0.15, 0.2) is 36.7 Å². The number of ether oxygens (including phenoxy) is 1. The van der Waals surface area contributed by atoms with Crippen LogP contribution in [0.4, 0.5) is 5.82 Å². The molecule has 1 aliphatic heterocycles. The monoisotopic (exact) mass is 439 g/mol. The Hall–Kier alpha value is -2.55. The minimum absolute atomic E-state index is 0.185. The number of fused-ring (bicyclic) bond motifs is 1. The molecular weight excluding hydrogens is 406 g/mol. The predicted octanol–water partition coefficient (Wildman–Crippen LogP) is 2.00. The molecule has 8 nitrogen and oxygen atoms in total. The van der Waals surface area contributed by atoms with Gasteiger partial charge in [-0.1, -0.05) is 24.3 Å². The van der Waals surface area contributed by atoms with Crippen molar-refractivity contribution in [3.8, 4) is 0 Å². The summed E-state index contributed by atoms with van der Waals surface area (Å²) >= 11 is 0. The molecule has 3 N–H and O–H groups in total. The van der Waals surface area contributed by atoms with E-state index in [0.29, 0.717) is 30.2 Å². The van der Waals surface area contributed by atoms with Crippen LogP contribution in [-0.4, -0.2) is 70.9 Å². The molecule has 2 heterocycles. The number of aromatic nitrogens is 2. The topological polar surface area (TPSA) is 99.6 Å². The summed E-state index contributed by atoms with van der Waals surface area (Å²) in [7, 11) is 1.76. The van der Waals surface area contributed by atoms with Crippen molar-refractivity contribution in [2.75, 3.05) is 32.1 Å². The molecule has 1 atom stereocenters. The Balaban J connectivity index is 1.23. The molecule has 8 heteroatoms. The predicted molar refractivity (Wildman–Crippen MR) is 122 cm³/mol. The van der Waals surface area contributed by atoms with Gasteiger partial charge in [-0.15, -0.1) is 0 Å².